The van der Waals surface area contributed by atoms with E-state index in [0.717, 1.165) is 0 Å². The van der Waals surface area contributed by atoms with Gasteiger partial charge in [-0.15, -0.1) is 0 Å². The first kappa shape index (κ1) is 16.1. The van der Waals surface area contributed by atoms with Gasteiger partial charge in [0.25, 0.3) is 0 Å². The summed E-state index contributed by atoms with van der Waals surface area (Å²) in [5.74, 6) is 0. The van der Waals surface area contributed by atoms with E-state index in [1.165, 1.54) is 33.9 Å². The smallest absolute Gasteiger partial charge is 0.0409 e. The third kappa shape index (κ3) is 3.43. The van der Waals surface area contributed by atoms with Crippen LogP contribution in [0.4, 0.5) is 22.7 Å². The van der Waals surface area contributed by atoms with Crippen LogP contribution in [-0.2, 0) is 0 Å². The van der Waals surface area contributed by atoms with Crippen LogP contribution >= 0.6 is 0 Å². The number of anilines is 4. The lowest BCUT2D eigenvalue weighted by molar-refractivity contribution is 1.18. The molecule has 0 aliphatic heterocycles. The second-order valence-electron chi connectivity index (χ2n) is 6.31. The Morgan fingerprint density at radius 2 is 0.625 bits per heavy atom. The summed E-state index contributed by atoms with van der Waals surface area (Å²) >= 11 is 0. The van der Waals surface area contributed by atoms with Crippen molar-refractivity contribution in [2.24, 2.45) is 0 Å². The molecule has 122 valence electrons. The molecule has 0 radical (unpaired) electrons. The fraction of sp³-hybridized carbons (Fsp3) is 0.182. The highest BCUT2D eigenvalue weighted by Crippen LogP contribution is 2.28. The van der Waals surface area contributed by atoms with E-state index in [-0.39, 0.29) is 0 Å². The maximum atomic E-state index is 2.20. The van der Waals surface area contributed by atoms with Crippen molar-refractivity contribution < 1.29 is 0 Å². The lowest BCUT2D eigenvalue weighted by Crippen LogP contribution is -2.11. The molecule has 2 nitrogen and oxygen atoms in total. The molecule has 3 rings (SSSR count). The van der Waals surface area contributed by atoms with Crippen molar-refractivity contribution in [1.29, 1.82) is 0 Å². The summed E-state index contributed by atoms with van der Waals surface area (Å²) < 4.78 is 0. The Balaban J connectivity index is 1.79. The fourth-order valence-corrected chi connectivity index (χ4v) is 2.73. The molecule has 0 heterocycles. The van der Waals surface area contributed by atoms with Crippen LogP contribution in [0.5, 0.6) is 0 Å². The zero-order chi connectivity index (χ0) is 17.1. The Morgan fingerprint density at radius 1 is 0.417 bits per heavy atom. The Labute approximate surface area is 145 Å². The molecule has 0 bridgehead atoms. The minimum Gasteiger partial charge on any atom is -0.345 e. The van der Waals surface area contributed by atoms with E-state index in [1.807, 2.05) is 0 Å². The van der Waals surface area contributed by atoms with Gasteiger partial charge < -0.3 is 9.80 Å². The van der Waals surface area contributed by atoms with Gasteiger partial charge in [-0.2, -0.15) is 0 Å². The van der Waals surface area contributed by atoms with Crippen molar-refractivity contribution in [3.05, 3.63) is 83.9 Å². The summed E-state index contributed by atoms with van der Waals surface area (Å²) in [6.45, 7) is 4.22. The highest BCUT2D eigenvalue weighted by atomic mass is 15.1. The van der Waals surface area contributed by atoms with Crippen LogP contribution in [0.1, 0.15) is 11.1 Å². The van der Waals surface area contributed by atoms with Crippen molar-refractivity contribution >= 4 is 22.7 Å². The van der Waals surface area contributed by atoms with Gasteiger partial charge in [0.15, 0.2) is 0 Å². The van der Waals surface area contributed by atoms with Crippen LogP contribution in [0.25, 0.3) is 0 Å². The van der Waals surface area contributed by atoms with Gasteiger partial charge in [0.1, 0.15) is 0 Å². The minimum atomic E-state index is 1.18. The van der Waals surface area contributed by atoms with Crippen LogP contribution in [0.15, 0.2) is 72.8 Å². The minimum absolute atomic E-state index is 1.18. The van der Waals surface area contributed by atoms with Gasteiger partial charge in [0.2, 0.25) is 0 Å². The molecule has 0 unspecified atom stereocenters. The maximum absolute atomic E-state index is 2.20. The van der Waals surface area contributed by atoms with Crippen LogP contribution in [0, 0.1) is 13.8 Å². The predicted octanol–water partition coefficient (Wildman–Crippen LogP) is 5.84. The number of benzene rings is 3. The van der Waals surface area contributed by atoms with Crippen molar-refractivity contribution in [1.82, 2.24) is 0 Å². The average Bonchev–Trinajstić information content (AvgIpc) is 2.62. The monoisotopic (exact) mass is 316 g/mol. The molecule has 24 heavy (non-hydrogen) atoms. The number of hydrogen-bond acceptors (Lipinski definition) is 2. The van der Waals surface area contributed by atoms with Crippen LogP contribution in [-0.4, -0.2) is 14.1 Å². The molecule has 0 fully saturated rings. The standard InChI is InChI=1S/C22H24N2/c1-17-5-9-19(10-6-17)23(3)21-13-15-22(16-14-21)24(4)20-11-7-18(2)8-12-20/h5-16H,1-4H3. The van der Waals surface area contributed by atoms with E-state index < -0.39 is 0 Å². The molecule has 0 spiro atoms. The van der Waals surface area contributed by atoms with Crippen molar-refractivity contribution in [3.63, 3.8) is 0 Å². The Morgan fingerprint density at radius 3 is 0.875 bits per heavy atom. The third-order valence-electron chi connectivity index (χ3n) is 4.47. The summed E-state index contributed by atoms with van der Waals surface area (Å²) in [6.07, 6.45) is 0. The number of nitrogens with zero attached hydrogens (tertiary/aromatic N) is 2. The number of hydrogen-bond donors (Lipinski definition) is 0. The summed E-state index contributed by atoms with van der Waals surface area (Å²) in [6, 6.07) is 25.9. The summed E-state index contributed by atoms with van der Waals surface area (Å²) in [5.41, 5.74) is 7.31. The van der Waals surface area contributed by atoms with Gasteiger partial charge in [-0.3, -0.25) is 0 Å². The molecule has 0 aromatic heterocycles. The molecular formula is C22H24N2. The average molecular weight is 316 g/mol. The van der Waals surface area contributed by atoms with Gasteiger partial charge in [-0.05, 0) is 62.4 Å². The highest BCUT2D eigenvalue weighted by Gasteiger charge is 2.07. The quantitative estimate of drug-likeness (QED) is 0.596. The molecule has 2 heteroatoms. The SMILES string of the molecule is Cc1ccc(N(C)c2ccc(N(C)c3ccc(C)cc3)cc2)cc1. The first-order valence-electron chi connectivity index (χ1n) is 8.25. The van der Waals surface area contributed by atoms with Gasteiger partial charge in [0, 0.05) is 36.8 Å². The van der Waals surface area contributed by atoms with Crippen molar-refractivity contribution in [2.75, 3.05) is 23.9 Å². The molecule has 0 atom stereocenters. The predicted molar refractivity (Wildman–Crippen MR) is 105 cm³/mol. The lowest BCUT2D eigenvalue weighted by atomic mass is 10.2. The van der Waals surface area contributed by atoms with Crippen LogP contribution < -0.4 is 9.80 Å². The molecule has 3 aromatic rings. The van der Waals surface area contributed by atoms with E-state index in [4.69, 9.17) is 0 Å². The van der Waals surface area contributed by atoms with E-state index in [2.05, 4.69) is 111 Å². The number of rotatable bonds is 4. The van der Waals surface area contributed by atoms with Crippen molar-refractivity contribution in [3.8, 4) is 0 Å². The van der Waals surface area contributed by atoms with E-state index >= 15 is 0 Å². The Hall–Kier alpha value is -2.74. The largest absolute Gasteiger partial charge is 0.345 e. The molecule has 0 aliphatic carbocycles. The third-order valence-corrected chi connectivity index (χ3v) is 4.47. The molecule has 0 saturated carbocycles. The highest BCUT2D eigenvalue weighted by molar-refractivity contribution is 5.68. The zero-order valence-corrected chi connectivity index (χ0v) is 14.8. The Kier molecular flexibility index (Phi) is 4.57. The fourth-order valence-electron chi connectivity index (χ4n) is 2.73. The normalized spacial score (nSPS) is 10.5. The van der Waals surface area contributed by atoms with E-state index in [0.29, 0.717) is 0 Å². The van der Waals surface area contributed by atoms with Gasteiger partial charge in [-0.1, -0.05) is 35.4 Å². The molecular weight excluding hydrogens is 292 g/mol. The number of aryl methyl sites for hydroxylation is 2. The summed E-state index contributed by atoms with van der Waals surface area (Å²) in [4.78, 5) is 4.41. The topological polar surface area (TPSA) is 6.48 Å². The van der Waals surface area contributed by atoms with Gasteiger partial charge >= 0.3 is 0 Å². The van der Waals surface area contributed by atoms with Crippen LogP contribution in [0.2, 0.25) is 0 Å². The first-order chi connectivity index (χ1) is 11.5. The van der Waals surface area contributed by atoms with Crippen molar-refractivity contribution in [2.45, 2.75) is 13.8 Å². The van der Waals surface area contributed by atoms with E-state index in [1.54, 1.807) is 0 Å². The molecule has 0 aliphatic rings. The summed E-state index contributed by atoms with van der Waals surface area (Å²) in [7, 11) is 4.20. The molecule has 0 amide bonds. The second-order valence-corrected chi connectivity index (χ2v) is 6.31. The van der Waals surface area contributed by atoms with Gasteiger partial charge in [-0.25, -0.2) is 0 Å². The lowest BCUT2D eigenvalue weighted by Gasteiger charge is -2.23. The second kappa shape index (κ2) is 6.79. The zero-order valence-electron chi connectivity index (χ0n) is 14.8. The molecule has 0 saturated heterocycles. The van der Waals surface area contributed by atoms with Crippen LogP contribution in [0.3, 0.4) is 0 Å². The maximum Gasteiger partial charge on any atom is 0.0409 e. The molecule has 3 aromatic carbocycles. The Bertz CT molecular complexity index is 716. The van der Waals surface area contributed by atoms with Gasteiger partial charge in [0.05, 0.1) is 0 Å². The molecule has 0 N–H and O–H groups in total. The summed E-state index contributed by atoms with van der Waals surface area (Å²) in [5, 5.41) is 0. The first-order valence-corrected chi connectivity index (χ1v) is 8.25. The van der Waals surface area contributed by atoms with E-state index in [9.17, 15) is 0 Å².